The highest BCUT2D eigenvalue weighted by Crippen LogP contribution is 2.24. The van der Waals surface area contributed by atoms with Gasteiger partial charge in [-0.25, -0.2) is 0 Å². The van der Waals surface area contributed by atoms with Crippen molar-refractivity contribution < 1.29 is 13.3 Å². The van der Waals surface area contributed by atoms with E-state index in [0.29, 0.717) is 19.8 Å². The summed E-state index contributed by atoms with van der Waals surface area (Å²) in [6, 6.07) is 34.7. The van der Waals surface area contributed by atoms with Crippen molar-refractivity contribution in [3.8, 4) is 0 Å². The molecule has 0 saturated heterocycles. The minimum Gasteiger partial charge on any atom is -0.374 e. The Morgan fingerprint density at radius 1 is 0.484 bits per heavy atom. The predicted molar refractivity (Wildman–Crippen MR) is 134 cm³/mol. The fourth-order valence-corrected chi connectivity index (χ4v) is 13.3. The van der Waals surface area contributed by atoms with Crippen LogP contribution in [0.4, 0.5) is 0 Å². The Morgan fingerprint density at radius 2 is 0.806 bits per heavy atom. The fourth-order valence-electron chi connectivity index (χ4n) is 4.44. The maximum absolute atomic E-state index is 6.23. The van der Waals surface area contributed by atoms with Crippen LogP contribution in [0, 0.1) is 0 Å². The summed E-state index contributed by atoms with van der Waals surface area (Å²) in [6.07, 6.45) is 0. The van der Waals surface area contributed by atoms with Gasteiger partial charge in [-0.15, -0.1) is 0 Å². The third-order valence-electron chi connectivity index (χ3n) is 5.70. The molecule has 0 aliphatic carbocycles. The SMILES string of the molecule is CCO[Si](CC[Si](c1ccccc1)(c1ccccc1)c1ccccc1)(OCC)OCC. The molecule has 31 heavy (non-hydrogen) atoms. The van der Waals surface area contributed by atoms with Gasteiger partial charge in [0, 0.05) is 25.9 Å². The molecule has 0 atom stereocenters. The second kappa shape index (κ2) is 11.6. The van der Waals surface area contributed by atoms with Crippen molar-refractivity contribution in [2.24, 2.45) is 0 Å². The highest BCUT2D eigenvalue weighted by molar-refractivity contribution is 7.11. The van der Waals surface area contributed by atoms with Gasteiger partial charge in [-0.05, 0) is 42.4 Å². The van der Waals surface area contributed by atoms with Crippen LogP contribution in [0.1, 0.15) is 20.8 Å². The summed E-state index contributed by atoms with van der Waals surface area (Å²) in [5.41, 5.74) is 0. The van der Waals surface area contributed by atoms with E-state index in [1.54, 1.807) is 0 Å². The Morgan fingerprint density at radius 3 is 1.10 bits per heavy atom. The van der Waals surface area contributed by atoms with Crippen molar-refractivity contribution in [2.75, 3.05) is 19.8 Å². The lowest BCUT2D eigenvalue weighted by Gasteiger charge is -2.37. The van der Waals surface area contributed by atoms with E-state index in [1.807, 2.05) is 20.8 Å². The van der Waals surface area contributed by atoms with Crippen LogP contribution >= 0.6 is 0 Å². The molecule has 0 heterocycles. The molecule has 0 amide bonds. The molecule has 5 heteroatoms. The maximum Gasteiger partial charge on any atom is 0.500 e. The standard InChI is InChI=1S/C26H34O3Si2/c1-4-27-31(28-5-2,29-6-3)23-22-30(24-16-10-7-11-17-24,25-18-12-8-13-19-25)26-20-14-9-15-21-26/h7-21H,4-6,22-23H2,1-3H3. The first-order valence-electron chi connectivity index (χ1n) is 11.3. The highest BCUT2D eigenvalue weighted by Gasteiger charge is 2.46. The van der Waals surface area contributed by atoms with Gasteiger partial charge in [0.05, 0.1) is 0 Å². The Labute approximate surface area is 189 Å². The molecule has 0 spiro atoms. The number of hydrogen-bond donors (Lipinski definition) is 0. The van der Waals surface area contributed by atoms with E-state index in [2.05, 4.69) is 91.0 Å². The Kier molecular flexibility index (Phi) is 8.81. The van der Waals surface area contributed by atoms with Crippen molar-refractivity contribution in [3.05, 3.63) is 91.0 Å². The van der Waals surface area contributed by atoms with Crippen molar-refractivity contribution in [3.63, 3.8) is 0 Å². The van der Waals surface area contributed by atoms with Gasteiger partial charge in [-0.2, -0.15) is 0 Å². The molecule has 0 bridgehead atoms. The first-order valence-corrected chi connectivity index (χ1v) is 15.4. The second-order valence-electron chi connectivity index (χ2n) is 7.49. The molecule has 3 rings (SSSR count). The number of benzene rings is 3. The van der Waals surface area contributed by atoms with Gasteiger partial charge < -0.3 is 13.3 Å². The van der Waals surface area contributed by atoms with E-state index in [4.69, 9.17) is 13.3 Å². The van der Waals surface area contributed by atoms with Crippen LogP contribution in [-0.2, 0) is 13.3 Å². The second-order valence-corrected chi connectivity index (χ2v) is 14.3. The third kappa shape index (κ3) is 5.43. The molecule has 164 valence electrons. The molecule has 0 aromatic heterocycles. The highest BCUT2D eigenvalue weighted by atomic mass is 28.4. The summed E-state index contributed by atoms with van der Waals surface area (Å²) >= 11 is 0. The molecule has 0 fully saturated rings. The van der Waals surface area contributed by atoms with E-state index < -0.39 is 16.9 Å². The summed E-state index contributed by atoms with van der Waals surface area (Å²) in [6.45, 7) is 7.87. The van der Waals surface area contributed by atoms with Crippen molar-refractivity contribution >= 4 is 32.4 Å². The normalized spacial score (nSPS) is 12.1. The molecule has 0 radical (unpaired) electrons. The van der Waals surface area contributed by atoms with Crippen LogP contribution in [0.2, 0.25) is 12.1 Å². The zero-order valence-electron chi connectivity index (χ0n) is 18.9. The van der Waals surface area contributed by atoms with Crippen LogP contribution in [0.5, 0.6) is 0 Å². The fraction of sp³-hybridized carbons (Fsp3) is 0.308. The summed E-state index contributed by atoms with van der Waals surface area (Å²) in [4.78, 5) is 0. The molecular formula is C26H34O3Si2. The van der Waals surface area contributed by atoms with Crippen LogP contribution in [0.3, 0.4) is 0 Å². The van der Waals surface area contributed by atoms with Crippen LogP contribution in [0.25, 0.3) is 0 Å². The average Bonchev–Trinajstić information content (AvgIpc) is 2.82. The molecule has 0 aliphatic rings. The molecule has 0 saturated carbocycles. The van der Waals surface area contributed by atoms with Gasteiger partial charge >= 0.3 is 8.80 Å². The van der Waals surface area contributed by atoms with E-state index in [1.165, 1.54) is 15.6 Å². The monoisotopic (exact) mass is 450 g/mol. The van der Waals surface area contributed by atoms with E-state index in [-0.39, 0.29) is 0 Å². The van der Waals surface area contributed by atoms with Gasteiger partial charge in [-0.1, -0.05) is 91.0 Å². The number of hydrogen-bond acceptors (Lipinski definition) is 3. The van der Waals surface area contributed by atoms with Gasteiger partial charge in [0.1, 0.15) is 8.07 Å². The predicted octanol–water partition coefficient (Wildman–Crippen LogP) is 4.21. The van der Waals surface area contributed by atoms with Gasteiger partial charge in [0.2, 0.25) is 0 Å². The Balaban J connectivity index is 2.15. The molecule has 3 aromatic carbocycles. The van der Waals surface area contributed by atoms with Crippen molar-refractivity contribution in [2.45, 2.75) is 32.9 Å². The smallest absolute Gasteiger partial charge is 0.374 e. The molecule has 3 aromatic rings. The molecule has 0 unspecified atom stereocenters. The van der Waals surface area contributed by atoms with E-state index in [9.17, 15) is 0 Å². The summed E-state index contributed by atoms with van der Waals surface area (Å²) in [5, 5.41) is 4.21. The Hall–Kier alpha value is -2.03. The van der Waals surface area contributed by atoms with Crippen molar-refractivity contribution in [1.29, 1.82) is 0 Å². The molecule has 0 N–H and O–H groups in total. The van der Waals surface area contributed by atoms with Crippen molar-refractivity contribution in [1.82, 2.24) is 0 Å². The first-order chi connectivity index (χ1) is 15.2. The largest absolute Gasteiger partial charge is 0.500 e. The lowest BCUT2D eigenvalue weighted by molar-refractivity contribution is 0.0725. The molecule has 3 nitrogen and oxygen atoms in total. The van der Waals surface area contributed by atoms with Gasteiger partial charge in [0.25, 0.3) is 0 Å². The van der Waals surface area contributed by atoms with E-state index >= 15 is 0 Å². The third-order valence-corrected chi connectivity index (χ3v) is 14.2. The number of rotatable bonds is 12. The van der Waals surface area contributed by atoms with Crippen LogP contribution in [-0.4, -0.2) is 36.7 Å². The van der Waals surface area contributed by atoms with Crippen LogP contribution in [0.15, 0.2) is 91.0 Å². The summed E-state index contributed by atoms with van der Waals surface area (Å²) in [5.74, 6) is 0. The summed E-state index contributed by atoms with van der Waals surface area (Å²) in [7, 11) is -5.10. The average molecular weight is 451 g/mol. The topological polar surface area (TPSA) is 27.7 Å². The molecule has 0 aliphatic heterocycles. The first kappa shape index (κ1) is 23.6. The lowest BCUT2D eigenvalue weighted by Crippen LogP contribution is -2.67. The zero-order valence-corrected chi connectivity index (χ0v) is 20.9. The molecular weight excluding hydrogens is 416 g/mol. The minimum atomic E-state index is -2.77. The Bertz CT molecular complexity index is 775. The minimum absolute atomic E-state index is 0.600. The summed E-state index contributed by atoms with van der Waals surface area (Å²) < 4.78 is 18.7. The van der Waals surface area contributed by atoms with Gasteiger partial charge in [0.15, 0.2) is 0 Å². The van der Waals surface area contributed by atoms with E-state index in [0.717, 1.165) is 12.1 Å². The van der Waals surface area contributed by atoms with Crippen LogP contribution < -0.4 is 15.6 Å². The maximum atomic E-state index is 6.23. The van der Waals surface area contributed by atoms with Gasteiger partial charge in [-0.3, -0.25) is 0 Å². The zero-order chi connectivity index (χ0) is 22.0. The quantitative estimate of drug-likeness (QED) is 0.306. The lowest BCUT2D eigenvalue weighted by atomic mass is 10.3.